The predicted molar refractivity (Wildman–Crippen MR) is 83.2 cm³/mol. The lowest BCUT2D eigenvalue weighted by atomic mass is 10.1. The highest BCUT2D eigenvalue weighted by molar-refractivity contribution is 7.93. The topological polar surface area (TPSA) is 91.0 Å². The molecular weight excluding hydrogens is 353 g/mol. The Morgan fingerprint density at radius 2 is 1.91 bits per heavy atom. The molecule has 1 aliphatic heterocycles. The van der Waals surface area contributed by atoms with Gasteiger partial charge in [0.15, 0.2) is 5.76 Å². The Kier molecular flexibility index (Phi) is 3.66. The summed E-state index contributed by atoms with van der Waals surface area (Å²) in [6.45, 7) is 0.177. The number of hydrogen-bond acceptors (Lipinski definition) is 5. The van der Waals surface area contributed by atoms with Crippen LogP contribution in [-0.2, 0) is 10.0 Å². The fraction of sp³-hybridized carbons (Fsp3) is 0.231. The van der Waals surface area contributed by atoms with Gasteiger partial charge in [-0.15, -0.1) is 0 Å². The van der Waals surface area contributed by atoms with Crippen molar-refractivity contribution in [2.24, 2.45) is 0 Å². The van der Waals surface area contributed by atoms with Gasteiger partial charge in [-0.1, -0.05) is 23.2 Å². The molecule has 0 amide bonds. The zero-order chi connectivity index (χ0) is 16.1. The Morgan fingerprint density at radius 1 is 1.18 bits per heavy atom. The van der Waals surface area contributed by atoms with E-state index >= 15 is 0 Å². The molecule has 0 aliphatic carbocycles. The minimum atomic E-state index is -3.55. The Balaban J connectivity index is 2.14. The van der Waals surface area contributed by atoms with E-state index in [9.17, 15) is 18.6 Å². The number of benzene rings is 1. The van der Waals surface area contributed by atoms with Crippen LogP contribution in [0.5, 0.6) is 11.5 Å². The van der Waals surface area contributed by atoms with E-state index in [-0.39, 0.29) is 29.0 Å². The third kappa shape index (κ3) is 2.39. The number of aromatic hydroxyl groups is 2. The highest BCUT2D eigenvalue weighted by Gasteiger charge is 2.35. The third-order valence-electron chi connectivity index (χ3n) is 3.34. The number of nitrogens with zero attached hydrogens (tertiary/aromatic N) is 1. The average Bonchev–Trinajstić information content (AvgIpc) is 2.92. The second-order valence-corrected chi connectivity index (χ2v) is 7.66. The SMILES string of the molecule is O=S1(=O)CCCN1c1oc(-c2ccc(Cl)cc2Cl)c(O)c1O. The minimum Gasteiger partial charge on any atom is -0.502 e. The van der Waals surface area contributed by atoms with Gasteiger partial charge in [0.05, 0.1) is 10.8 Å². The summed E-state index contributed by atoms with van der Waals surface area (Å²) in [5.41, 5.74) is 0.293. The van der Waals surface area contributed by atoms with Crippen molar-refractivity contribution >= 4 is 39.1 Å². The fourth-order valence-corrected chi connectivity index (χ4v) is 4.29. The zero-order valence-electron chi connectivity index (χ0n) is 11.1. The number of hydrogen-bond donors (Lipinski definition) is 2. The molecule has 0 spiro atoms. The van der Waals surface area contributed by atoms with Crippen LogP contribution in [0.2, 0.25) is 10.0 Å². The highest BCUT2D eigenvalue weighted by atomic mass is 35.5. The molecule has 0 radical (unpaired) electrons. The maximum absolute atomic E-state index is 11.9. The van der Waals surface area contributed by atoms with E-state index in [1.165, 1.54) is 18.2 Å². The first-order chi connectivity index (χ1) is 10.3. The van der Waals surface area contributed by atoms with E-state index in [1.807, 2.05) is 0 Å². The molecule has 9 heteroatoms. The Labute approximate surface area is 136 Å². The van der Waals surface area contributed by atoms with Gasteiger partial charge in [-0.05, 0) is 24.6 Å². The summed E-state index contributed by atoms with van der Waals surface area (Å²) in [4.78, 5) is 0. The summed E-state index contributed by atoms with van der Waals surface area (Å²) < 4.78 is 30.2. The van der Waals surface area contributed by atoms with Crippen LogP contribution in [0.4, 0.5) is 5.88 Å². The van der Waals surface area contributed by atoms with Crippen LogP contribution < -0.4 is 4.31 Å². The fourth-order valence-electron chi connectivity index (χ4n) is 2.30. The van der Waals surface area contributed by atoms with Gasteiger partial charge in [-0.2, -0.15) is 0 Å². The molecule has 0 atom stereocenters. The van der Waals surface area contributed by atoms with Gasteiger partial charge in [0.25, 0.3) is 5.88 Å². The molecule has 0 saturated carbocycles. The lowest BCUT2D eigenvalue weighted by Gasteiger charge is -2.12. The van der Waals surface area contributed by atoms with Gasteiger partial charge in [0.2, 0.25) is 21.5 Å². The molecule has 0 unspecified atom stereocenters. The number of sulfonamides is 1. The predicted octanol–water partition coefficient (Wildman–Crippen LogP) is 3.20. The number of halogens is 2. The first-order valence-electron chi connectivity index (χ1n) is 6.32. The van der Waals surface area contributed by atoms with Crippen LogP contribution in [-0.4, -0.2) is 30.9 Å². The van der Waals surface area contributed by atoms with Gasteiger partial charge in [0.1, 0.15) is 0 Å². The van der Waals surface area contributed by atoms with Gasteiger partial charge in [-0.3, -0.25) is 0 Å². The monoisotopic (exact) mass is 363 g/mol. The van der Waals surface area contributed by atoms with Crippen molar-refractivity contribution in [3.05, 3.63) is 28.2 Å². The van der Waals surface area contributed by atoms with Crippen molar-refractivity contribution in [2.75, 3.05) is 16.6 Å². The van der Waals surface area contributed by atoms with Crippen LogP contribution in [0.1, 0.15) is 6.42 Å². The maximum atomic E-state index is 11.9. The summed E-state index contributed by atoms with van der Waals surface area (Å²) >= 11 is 11.9. The summed E-state index contributed by atoms with van der Waals surface area (Å²) in [5, 5.41) is 20.6. The molecular formula is C13H11Cl2NO5S. The molecule has 1 saturated heterocycles. The molecule has 0 bridgehead atoms. The molecule has 2 N–H and O–H groups in total. The summed E-state index contributed by atoms with van der Waals surface area (Å²) in [6, 6.07) is 4.49. The van der Waals surface area contributed by atoms with E-state index in [0.29, 0.717) is 17.0 Å². The van der Waals surface area contributed by atoms with E-state index in [1.54, 1.807) is 0 Å². The van der Waals surface area contributed by atoms with Gasteiger partial charge in [-0.25, -0.2) is 12.7 Å². The van der Waals surface area contributed by atoms with Crippen molar-refractivity contribution in [1.29, 1.82) is 0 Å². The van der Waals surface area contributed by atoms with E-state index in [4.69, 9.17) is 27.6 Å². The summed E-state index contributed by atoms with van der Waals surface area (Å²) in [7, 11) is -3.55. The van der Waals surface area contributed by atoms with Crippen LogP contribution in [0.3, 0.4) is 0 Å². The van der Waals surface area contributed by atoms with Crippen LogP contribution >= 0.6 is 23.2 Å². The second-order valence-electron chi connectivity index (χ2n) is 4.80. The van der Waals surface area contributed by atoms with Crippen LogP contribution in [0.25, 0.3) is 11.3 Å². The second kappa shape index (κ2) is 5.26. The quantitative estimate of drug-likeness (QED) is 0.854. The molecule has 2 heterocycles. The van der Waals surface area contributed by atoms with Gasteiger partial charge in [0, 0.05) is 17.1 Å². The summed E-state index contributed by atoms with van der Waals surface area (Å²) in [5.74, 6) is -1.66. The molecule has 1 fully saturated rings. The lowest BCUT2D eigenvalue weighted by molar-refractivity contribution is 0.409. The largest absolute Gasteiger partial charge is 0.502 e. The normalized spacial score (nSPS) is 17.1. The molecule has 118 valence electrons. The van der Waals surface area contributed by atoms with Crippen molar-refractivity contribution < 1.29 is 23.0 Å². The molecule has 22 heavy (non-hydrogen) atoms. The number of anilines is 1. The summed E-state index contributed by atoms with van der Waals surface area (Å²) in [6.07, 6.45) is 0.417. The van der Waals surface area contributed by atoms with E-state index in [0.717, 1.165) is 4.31 Å². The molecule has 3 rings (SSSR count). The van der Waals surface area contributed by atoms with Gasteiger partial charge < -0.3 is 14.6 Å². The Morgan fingerprint density at radius 3 is 2.50 bits per heavy atom. The smallest absolute Gasteiger partial charge is 0.256 e. The Bertz CT molecular complexity index is 846. The van der Waals surface area contributed by atoms with Crippen molar-refractivity contribution in [3.8, 4) is 22.8 Å². The standard InChI is InChI=1S/C13H11Cl2NO5S/c14-7-2-3-8(9(15)6-7)12-10(17)11(18)13(21-12)16-4-1-5-22(16,19)20/h2-3,6,17-18H,1,4-5H2. The van der Waals surface area contributed by atoms with Crippen LogP contribution in [0, 0.1) is 0 Å². The molecule has 2 aromatic rings. The minimum absolute atomic E-state index is 0.0368. The highest BCUT2D eigenvalue weighted by Crippen LogP contribution is 2.49. The molecule has 1 aliphatic rings. The molecule has 6 nitrogen and oxygen atoms in total. The first kappa shape index (κ1) is 15.3. The Hall–Kier alpha value is -1.57. The van der Waals surface area contributed by atoms with Crippen molar-refractivity contribution in [3.63, 3.8) is 0 Å². The van der Waals surface area contributed by atoms with E-state index < -0.39 is 21.5 Å². The lowest BCUT2D eigenvalue weighted by Crippen LogP contribution is -2.24. The van der Waals surface area contributed by atoms with Crippen molar-refractivity contribution in [1.82, 2.24) is 0 Å². The van der Waals surface area contributed by atoms with E-state index in [2.05, 4.69) is 0 Å². The maximum Gasteiger partial charge on any atom is 0.256 e. The van der Waals surface area contributed by atoms with Gasteiger partial charge >= 0.3 is 0 Å². The average molecular weight is 364 g/mol. The molecule has 1 aromatic heterocycles. The number of rotatable bonds is 2. The third-order valence-corrected chi connectivity index (χ3v) is 5.71. The zero-order valence-corrected chi connectivity index (χ0v) is 13.4. The first-order valence-corrected chi connectivity index (χ1v) is 8.68. The molecule has 1 aromatic carbocycles. The van der Waals surface area contributed by atoms with Crippen molar-refractivity contribution in [2.45, 2.75) is 6.42 Å². The number of furan rings is 1. The van der Waals surface area contributed by atoms with Crippen LogP contribution in [0.15, 0.2) is 22.6 Å².